The van der Waals surface area contributed by atoms with Crippen LogP contribution in [0.25, 0.3) is 11.2 Å². The number of hydrogen-bond donors (Lipinski definition) is 1. The fourth-order valence-corrected chi connectivity index (χ4v) is 3.28. The second kappa shape index (κ2) is 5.52. The van der Waals surface area contributed by atoms with Gasteiger partial charge < -0.3 is 9.88 Å². The van der Waals surface area contributed by atoms with Gasteiger partial charge in [0.15, 0.2) is 5.65 Å². The lowest BCUT2D eigenvalue weighted by molar-refractivity contribution is -0.128. The standard InChI is InChI=1S/C14H17BrN4O/c1-2-3-9-4-12(20)19(6-9)7-10-11(15)5-16-14-13(10)17-8-18-14/h5,8-9H,2-4,6-7H2,1H3,(H,16,17,18). The number of likely N-dealkylation sites (tertiary alicyclic amines) is 1. The number of nitrogens with zero attached hydrogens (tertiary/aromatic N) is 3. The smallest absolute Gasteiger partial charge is 0.223 e. The summed E-state index contributed by atoms with van der Waals surface area (Å²) in [6.07, 6.45) is 6.34. The average molecular weight is 337 g/mol. The molecule has 2 aromatic rings. The normalized spacial score (nSPS) is 19.2. The van der Waals surface area contributed by atoms with Gasteiger partial charge in [-0.15, -0.1) is 0 Å². The van der Waals surface area contributed by atoms with Crippen LogP contribution in [0.15, 0.2) is 17.0 Å². The molecule has 1 aliphatic rings. The van der Waals surface area contributed by atoms with Gasteiger partial charge in [0.2, 0.25) is 5.91 Å². The Morgan fingerprint density at radius 1 is 1.50 bits per heavy atom. The molecule has 1 unspecified atom stereocenters. The minimum absolute atomic E-state index is 0.246. The lowest BCUT2D eigenvalue weighted by atomic mass is 10.0. The van der Waals surface area contributed by atoms with Crippen molar-refractivity contribution in [2.45, 2.75) is 32.7 Å². The van der Waals surface area contributed by atoms with Gasteiger partial charge in [0.05, 0.1) is 6.33 Å². The number of pyridine rings is 1. The number of nitrogens with one attached hydrogen (secondary N) is 1. The van der Waals surface area contributed by atoms with Crippen molar-refractivity contribution in [2.24, 2.45) is 5.92 Å². The summed E-state index contributed by atoms with van der Waals surface area (Å²) in [6.45, 7) is 3.62. The molecule has 3 heterocycles. The number of rotatable bonds is 4. The molecule has 1 saturated heterocycles. The summed E-state index contributed by atoms with van der Waals surface area (Å²) < 4.78 is 0.906. The first-order valence-electron chi connectivity index (χ1n) is 6.93. The van der Waals surface area contributed by atoms with E-state index in [9.17, 15) is 4.79 Å². The Morgan fingerprint density at radius 2 is 2.35 bits per heavy atom. The highest BCUT2D eigenvalue weighted by molar-refractivity contribution is 9.10. The van der Waals surface area contributed by atoms with Crippen LogP contribution in [0.3, 0.4) is 0 Å². The van der Waals surface area contributed by atoms with E-state index in [1.807, 2.05) is 4.90 Å². The van der Waals surface area contributed by atoms with Gasteiger partial charge in [0.1, 0.15) is 5.52 Å². The third-order valence-corrected chi connectivity index (χ3v) is 4.52. The second-order valence-electron chi connectivity index (χ2n) is 5.32. The number of aromatic nitrogens is 3. The van der Waals surface area contributed by atoms with Gasteiger partial charge in [-0.25, -0.2) is 9.97 Å². The van der Waals surface area contributed by atoms with E-state index in [-0.39, 0.29) is 5.91 Å². The molecule has 20 heavy (non-hydrogen) atoms. The van der Waals surface area contributed by atoms with Gasteiger partial charge in [-0.1, -0.05) is 13.3 Å². The quantitative estimate of drug-likeness (QED) is 0.933. The van der Waals surface area contributed by atoms with Crippen LogP contribution in [0, 0.1) is 5.92 Å². The topological polar surface area (TPSA) is 61.9 Å². The summed E-state index contributed by atoms with van der Waals surface area (Å²) in [5.41, 5.74) is 2.63. The summed E-state index contributed by atoms with van der Waals surface area (Å²) in [5, 5.41) is 0. The van der Waals surface area contributed by atoms with Crippen LogP contribution in [0.5, 0.6) is 0 Å². The maximum absolute atomic E-state index is 12.1. The monoisotopic (exact) mass is 336 g/mol. The first kappa shape index (κ1) is 13.5. The molecule has 106 valence electrons. The zero-order chi connectivity index (χ0) is 14.1. The van der Waals surface area contributed by atoms with Crippen LogP contribution >= 0.6 is 15.9 Å². The molecule has 0 saturated carbocycles. The average Bonchev–Trinajstić information content (AvgIpc) is 3.01. The zero-order valence-electron chi connectivity index (χ0n) is 11.4. The first-order valence-corrected chi connectivity index (χ1v) is 7.72. The molecule has 1 fully saturated rings. The van der Waals surface area contributed by atoms with E-state index in [1.54, 1.807) is 12.5 Å². The SMILES string of the molecule is CCCC1CC(=O)N(Cc2c(Br)cnc3[nH]cnc23)C1. The number of carbonyl (C=O) groups excluding carboxylic acids is 1. The highest BCUT2D eigenvalue weighted by atomic mass is 79.9. The molecule has 6 heteroatoms. The minimum atomic E-state index is 0.246. The molecule has 0 aromatic carbocycles. The number of amides is 1. The van der Waals surface area contributed by atoms with E-state index in [2.05, 4.69) is 37.8 Å². The molecular weight excluding hydrogens is 320 g/mol. The Kier molecular flexibility index (Phi) is 3.74. The van der Waals surface area contributed by atoms with Crippen LogP contribution < -0.4 is 0 Å². The van der Waals surface area contributed by atoms with Gasteiger partial charge >= 0.3 is 0 Å². The molecule has 0 bridgehead atoms. The van der Waals surface area contributed by atoms with Crippen molar-refractivity contribution >= 4 is 33.0 Å². The van der Waals surface area contributed by atoms with Gasteiger partial charge in [-0.2, -0.15) is 0 Å². The molecule has 0 radical (unpaired) electrons. The van der Waals surface area contributed by atoms with Crippen LogP contribution in [0.4, 0.5) is 0 Å². The van der Waals surface area contributed by atoms with Crippen molar-refractivity contribution in [3.05, 3.63) is 22.6 Å². The van der Waals surface area contributed by atoms with Crippen molar-refractivity contribution in [1.29, 1.82) is 0 Å². The molecule has 0 spiro atoms. The maximum atomic E-state index is 12.1. The summed E-state index contributed by atoms with van der Waals surface area (Å²) in [5.74, 6) is 0.749. The van der Waals surface area contributed by atoms with Crippen molar-refractivity contribution in [3.63, 3.8) is 0 Å². The Balaban J connectivity index is 1.84. The third-order valence-electron chi connectivity index (χ3n) is 3.84. The molecule has 1 N–H and O–H groups in total. The Bertz CT molecular complexity index is 639. The number of H-pyrrole nitrogens is 1. The van der Waals surface area contributed by atoms with Crippen LogP contribution in [-0.2, 0) is 11.3 Å². The van der Waals surface area contributed by atoms with Gasteiger partial charge in [0.25, 0.3) is 0 Å². The fourth-order valence-electron chi connectivity index (χ4n) is 2.87. The predicted octanol–water partition coefficient (Wildman–Crippen LogP) is 2.87. The van der Waals surface area contributed by atoms with Crippen LogP contribution in [0.1, 0.15) is 31.7 Å². The lowest BCUT2D eigenvalue weighted by Gasteiger charge is -2.17. The van der Waals surface area contributed by atoms with Crippen molar-refractivity contribution in [1.82, 2.24) is 19.9 Å². The number of halogens is 1. The Hall–Kier alpha value is -1.43. The molecule has 3 rings (SSSR count). The largest absolute Gasteiger partial charge is 0.338 e. The summed E-state index contributed by atoms with van der Waals surface area (Å²) in [6, 6.07) is 0. The second-order valence-corrected chi connectivity index (χ2v) is 6.17. The summed E-state index contributed by atoms with van der Waals surface area (Å²) in [4.78, 5) is 25.6. The van der Waals surface area contributed by atoms with E-state index in [4.69, 9.17) is 0 Å². The van der Waals surface area contributed by atoms with E-state index >= 15 is 0 Å². The van der Waals surface area contributed by atoms with Crippen LogP contribution in [-0.4, -0.2) is 32.3 Å². The Labute approximate surface area is 125 Å². The zero-order valence-corrected chi connectivity index (χ0v) is 13.0. The van der Waals surface area contributed by atoms with Crippen molar-refractivity contribution < 1.29 is 4.79 Å². The molecular formula is C14H17BrN4O. The summed E-state index contributed by atoms with van der Waals surface area (Å²) in [7, 11) is 0. The number of fused-ring (bicyclic) bond motifs is 1. The number of hydrogen-bond acceptors (Lipinski definition) is 3. The molecule has 1 atom stereocenters. The summed E-state index contributed by atoms with van der Waals surface area (Å²) >= 11 is 3.52. The maximum Gasteiger partial charge on any atom is 0.223 e. The molecule has 1 amide bonds. The third kappa shape index (κ3) is 2.44. The number of carbonyl (C=O) groups is 1. The lowest BCUT2D eigenvalue weighted by Crippen LogP contribution is -2.25. The predicted molar refractivity (Wildman–Crippen MR) is 80.0 cm³/mol. The molecule has 2 aromatic heterocycles. The van der Waals surface area contributed by atoms with E-state index in [0.717, 1.165) is 40.6 Å². The van der Waals surface area contributed by atoms with Gasteiger partial charge in [-0.05, 0) is 28.3 Å². The number of imidazole rings is 1. The van der Waals surface area contributed by atoms with E-state index in [1.165, 1.54) is 0 Å². The van der Waals surface area contributed by atoms with Crippen molar-refractivity contribution in [3.8, 4) is 0 Å². The molecule has 0 aliphatic carbocycles. The number of aromatic amines is 1. The van der Waals surface area contributed by atoms with Crippen molar-refractivity contribution in [2.75, 3.05) is 6.54 Å². The van der Waals surface area contributed by atoms with Crippen LogP contribution in [0.2, 0.25) is 0 Å². The van der Waals surface area contributed by atoms with Gasteiger partial charge in [0, 0.05) is 35.7 Å². The minimum Gasteiger partial charge on any atom is -0.338 e. The van der Waals surface area contributed by atoms with E-state index in [0.29, 0.717) is 18.9 Å². The highest BCUT2D eigenvalue weighted by Gasteiger charge is 2.29. The fraction of sp³-hybridized carbons (Fsp3) is 0.500. The molecule has 5 nitrogen and oxygen atoms in total. The van der Waals surface area contributed by atoms with Gasteiger partial charge in [-0.3, -0.25) is 4.79 Å². The van der Waals surface area contributed by atoms with E-state index < -0.39 is 0 Å². The first-order chi connectivity index (χ1) is 9.69. The molecule has 1 aliphatic heterocycles. The Morgan fingerprint density at radius 3 is 3.15 bits per heavy atom. The highest BCUT2D eigenvalue weighted by Crippen LogP contribution is 2.28.